The summed E-state index contributed by atoms with van der Waals surface area (Å²) in [7, 11) is 0. The maximum absolute atomic E-state index is 11.8. The van der Waals surface area contributed by atoms with Crippen LogP contribution in [0.3, 0.4) is 0 Å². The van der Waals surface area contributed by atoms with Crippen molar-refractivity contribution in [2.24, 2.45) is 9.98 Å². The van der Waals surface area contributed by atoms with Crippen molar-refractivity contribution in [2.45, 2.75) is 5.25 Å². The van der Waals surface area contributed by atoms with Gasteiger partial charge in [0.05, 0.1) is 0 Å². The fourth-order valence-corrected chi connectivity index (χ4v) is 0.770. The van der Waals surface area contributed by atoms with E-state index in [1.165, 1.54) is 5.54 Å². The van der Waals surface area contributed by atoms with E-state index in [2.05, 4.69) is 15.3 Å². The normalized spacial score (nSPS) is 31.3. The maximum atomic E-state index is 11.8. The molecular weight excluding hydrogens is 182 g/mol. The highest BCUT2D eigenvalue weighted by atomic mass is 35.5. The quantitative estimate of drug-likeness (QED) is 0.355. The average molecular weight is 185 g/mol. The number of nitrogens with zero attached hydrogens (tertiary/aromatic N) is 2. The number of amidine groups is 1. The molecule has 0 fully saturated rings. The van der Waals surface area contributed by atoms with Crippen molar-refractivity contribution in [1.29, 1.82) is 0 Å². The highest BCUT2D eigenvalue weighted by Gasteiger charge is 2.28. The van der Waals surface area contributed by atoms with Gasteiger partial charge in [-0.3, -0.25) is 0 Å². The van der Waals surface area contributed by atoms with E-state index in [1.807, 2.05) is 0 Å². The summed E-state index contributed by atoms with van der Waals surface area (Å²) in [4.78, 5) is 6.86. The number of hydrogen-bond acceptors (Lipinski definition) is 4. The molecule has 10 heavy (non-hydrogen) atoms. The maximum Gasteiger partial charge on any atom is 0.294 e. The summed E-state index contributed by atoms with van der Waals surface area (Å²) in [6.07, 6.45) is 1.05. The van der Waals surface area contributed by atoms with Crippen LogP contribution in [0.2, 0.25) is 0 Å². The van der Waals surface area contributed by atoms with Crippen molar-refractivity contribution >= 4 is 34.8 Å². The molecular formula is C3H3Cl2FN4. The second-order valence-electron chi connectivity index (χ2n) is 1.51. The third-order valence-corrected chi connectivity index (χ3v) is 1.26. The molecule has 0 saturated heterocycles. The number of alkyl halides is 1. The Morgan fingerprint density at radius 2 is 2.50 bits per heavy atom. The number of halogens is 3. The minimum Gasteiger partial charge on any atom is -0.309 e. The predicted molar refractivity (Wildman–Crippen MR) is 37.7 cm³/mol. The summed E-state index contributed by atoms with van der Waals surface area (Å²) in [6, 6.07) is 0. The first kappa shape index (κ1) is 7.71. The first-order chi connectivity index (χ1) is 4.66. The van der Waals surface area contributed by atoms with E-state index >= 15 is 0 Å². The second-order valence-corrected chi connectivity index (χ2v) is 2.41. The van der Waals surface area contributed by atoms with Gasteiger partial charge in [0.1, 0.15) is 6.34 Å². The molecule has 4 nitrogen and oxygen atoms in total. The van der Waals surface area contributed by atoms with E-state index in [9.17, 15) is 4.48 Å². The van der Waals surface area contributed by atoms with Crippen LogP contribution in [0.5, 0.6) is 0 Å². The van der Waals surface area contributed by atoms with Crippen LogP contribution >= 0.6 is 23.2 Å². The Balaban J connectivity index is 2.71. The molecule has 0 amide bonds. The van der Waals surface area contributed by atoms with Crippen molar-refractivity contribution in [2.75, 3.05) is 0 Å². The number of hydrogen-bond donors (Lipinski definition) is 2. The fourth-order valence-electron chi connectivity index (χ4n) is 0.408. The molecule has 0 radical (unpaired) electrons. The van der Waals surface area contributed by atoms with E-state index in [4.69, 9.17) is 23.2 Å². The Morgan fingerprint density at radius 1 is 1.80 bits per heavy atom. The molecule has 1 unspecified atom stereocenters. The van der Waals surface area contributed by atoms with Gasteiger partial charge >= 0.3 is 0 Å². The summed E-state index contributed by atoms with van der Waals surface area (Å²) in [5.74, 6) is 0. The minimum atomic E-state index is -1.70. The van der Waals surface area contributed by atoms with Gasteiger partial charge in [-0.25, -0.2) is 9.98 Å². The molecule has 2 N–H and O–H groups in total. The lowest BCUT2D eigenvalue weighted by molar-refractivity contribution is 0.232. The van der Waals surface area contributed by atoms with Gasteiger partial charge in [-0.05, 0) is 23.2 Å². The largest absolute Gasteiger partial charge is 0.309 e. The first-order valence-electron chi connectivity index (χ1n) is 2.28. The van der Waals surface area contributed by atoms with Crippen molar-refractivity contribution < 1.29 is 4.48 Å². The molecule has 7 heteroatoms. The molecule has 0 aromatic carbocycles. The van der Waals surface area contributed by atoms with Gasteiger partial charge in [0, 0.05) is 0 Å². The summed E-state index contributed by atoms with van der Waals surface area (Å²) >= 11 is 10.7. The summed E-state index contributed by atoms with van der Waals surface area (Å²) in [6.45, 7) is 0. The molecule has 1 aliphatic heterocycles. The van der Waals surface area contributed by atoms with E-state index in [0.29, 0.717) is 0 Å². The lowest BCUT2D eigenvalue weighted by Crippen LogP contribution is -2.50. The Hall–Kier alpha value is -0.390. The van der Waals surface area contributed by atoms with Gasteiger partial charge in [-0.2, -0.15) is 0 Å². The van der Waals surface area contributed by atoms with Crippen LogP contribution in [0, 0.1) is 0 Å². The molecule has 56 valence electrons. The van der Waals surface area contributed by atoms with E-state index in [0.717, 1.165) is 6.34 Å². The molecule has 1 atom stereocenters. The van der Waals surface area contributed by atoms with Crippen LogP contribution in [0.4, 0.5) is 4.48 Å². The number of nitrogens with one attached hydrogen (secondary N) is 2. The van der Waals surface area contributed by atoms with E-state index in [1.54, 1.807) is 0 Å². The SMILES string of the molecule is FNC1(Cl)N=CN=C(Cl)N1. The third kappa shape index (κ3) is 1.56. The molecule has 0 aromatic rings. The standard InChI is InChI=1S/C3H3Cl2FN4/c4-2-7-1-8-3(5,9-2)10-6/h1,10H,(H,7,8,9). The van der Waals surface area contributed by atoms with Gasteiger partial charge in [0.25, 0.3) is 5.25 Å². The van der Waals surface area contributed by atoms with Crippen molar-refractivity contribution in [1.82, 2.24) is 10.9 Å². The number of aliphatic imine (C=N–C) groups is 2. The van der Waals surface area contributed by atoms with Gasteiger partial charge in [0.15, 0.2) is 0 Å². The van der Waals surface area contributed by atoms with Crippen LogP contribution in [0.15, 0.2) is 9.98 Å². The highest BCUT2D eigenvalue weighted by molar-refractivity contribution is 6.65. The van der Waals surface area contributed by atoms with Crippen molar-refractivity contribution in [3.8, 4) is 0 Å². The highest BCUT2D eigenvalue weighted by Crippen LogP contribution is 2.11. The van der Waals surface area contributed by atoms with Gasteiger partial charge < -0.3 is 5.32 Å². The van der Waals surface area contributed by atoms with Crippen LogP contribution in [-0.2, 0) is 0 Å². The zero-order chi connectivity index (χ0) is 7.61. The Bertz CT molecular complexity index is 193. The second kappa shape index (κ2) is 2.69. The smallest absolute Gasteiger partial charge is 0.294 e. The lowest BCUT2D eigenvalue weighted by Gasteiger charge is -2.21. The Kier molecular flexibility index (Phi) is 2.08. The summed E-state index contributed by atoms with van der Waals surface area (Å²) in [5, 5.41) is 0.525. The van der Waals surface area contributed by atoms with E-state index < -0.39 is 5.25 Å². The van der Waals surface area contributed by atoms with Gasteiger partial charge in [-0.15, -0.1) is 4.48 Å². The molecule has 0 bridgehead atoms. The molecule has 0 aliphatic carbocycles. The zero-order valence-corrected chi connectivity index (χ0v) is 6.12. The van der Waals surface area contributed by atoms with E-state index in [-0.39, 0.29) is 5.29 Å². The van der Waals surface area contributed by atoms with Crippen LogP contribution in [0.1, 0.15) is 0 Å². The molecule has 1 rings (SSSR count). The third-order valence-electron chi connectivity index (χ3n) is 0.801. The molecule has 1 heterocycles. The van der Waals surface area contributed by atoms with Crippen LogP contribution in [0.25, 0.3) is 0 Å². The molecule has 0 aromatic heterocycles. The van der Waals surface area contributed by atoms with Crippen LogP contribution < -0.4 is 10.9 Å². The van der Waals surface area contributed by atoms with Crippen LogP contribution in [-0.4, -0.2) is 16.9 Å². The Morgan fingerprint density at radius 3 is 2.90 bits per heavy atom. The van der Waals surface area contributed by atoms with Gasteiger partial charge in [0.2, 0.25) is 5.29 Å². The topological polar surface area (TPSA) is 48.8 Å². The van der Waals surface area contributed by atoms with Crippen molar-refractivity contribution in [3.63, 3.8) is 0 Å². The monoisotopic (exact) mass is 184 g/mol. The lowest BCUT2D eigenvalue weighted by atomic mass is 10.8. The fraction of sp³-hybridized carbons (Fsp3) is 0.333. The molecule has 1 aliphatic rings. The summed E-state index contributed by atoms with van der Waals surface area (Å²) < 4.78 is 11.8. The van der Waals surface area contributed by atoms with Gasteiger partial charge in [-0.1, -0.05) is 5.54 Å². The first-order valence-corrected chi connectivity index (χ1v) is 3.04. The zero-order valence-electron chi connectivity index (χ0n) is 4.61. The van der Waals surface area contributed by atoms with Crippen molar-refractivity contribution in [3.05, 3.63) is 0 Å². The Labute approximate surface area is 66.1 Å². The predicted octanol–water partition coefficient (Wildman–Crippen LogP) is 0.537. The molecule has 0 saturated carbocycles. The number of rotatable bonds is 1. The molecule has 0 spiro atoms. The minimum absolute atomic E-state index is 0.0184. The average Bonchev–Trinajstić information content (AvgIpc) is 1.88. The summed E-state index contributed by atoms with van der Waals surface area (Å²) in [5.41, 5.74) is 1.20.